The number of piperazine rings is 1. The predicted molar refractivity (Wildman–Crippen MR) is 108 cm³/mol. The molecule has 0 bridgehead atoms. The number of carbonyl (C=O) groups is 1. The monoisotopic (exact) mass is 430 g/mol. The highest BCUT2D eigenvalue weighted by molar-refractivity contribution is 7.21. The first-order valence-electron chi connectivity index (χ1n) is 9.37. The molecule has 0 spiro atoms. The molecule has 3 aromatic rings. The lowest BCUT2D eigenvalue weighted by molar-refractivity contribution is 0.0750. The molecule has 9 heteroatoms. The van der Waals surface area contributed by atoms with Crippen molar-refractivity contribution >= 4 is 44.8 Å². The van der Waals surface area contributed by atoms with Crippen LogP contribution < -0.4 is 4.90 Å². The number of carbonyl (C=O) groups excluding carboxylic acids is 1. The molecule has 1 aliphatic carbocycles. The predicted octanol–water partition coefficient (Wildman–Crippen LogP) is 4.39. The van der Waals surface area contributed by atoms with Crippen LogP contribution in [0, 0.1) is 17.1 Å². The summed E-state index contributed by atoms with van der Waals surface area (Å²) >= 11 is 7.60. The molecule has 0 unspecified atom stereocenters. The number of anilines is 1. The van der Waals surface area contributed by atoms with Gasteiger partial charge >= 0.3 is 0 Å². The van der Waals surface area contributed by atoms with Gasteiger partial charge in [0.25, 0.3) is 5.91 Å². The number of halogens is 2. The number of oxazole rings is 1. The second-order valence-electron chi connectivity index (χ2n) is 7.26. The summed E-state index contributed by atoms with van der Waals surface area (Å²) in [5, 5.41) is 10.4. The van der Waals surface area contributed by atoms with Crippen LogP contribution in [0.2, 0.25) is 5.02 Å². The summed E-state index contributed by atoms with van der Waals surface area (Å²) in [5.74, 6) is 0.955. The van der Waals surface area contributed by atoms with Crippen molar-refractivity contribution < 1.29 is 13.6 Å². The van der Waals surface area contributed by atoms with Crippen LogP contribution in [0.5, 0.6) is 0 Å². The van der Waals surface area contributed by atoms with Gasteiger partial charge in [-0.15, -0.1) is 11.3 Å². The number of nitrogens with zero attached hydrogens (tertiary/aromatic N) is 4. The first-order chi connectivity index (χ1) is 14.0. The van der Waals surface area contributed by atoms with Crippen LogP contribution in [0.3, 0.4) is 0 Å². The second kappa shape index (κ2) is 7.01. The molecule has 3 heterocycles. The van der Waals surface area contributed by atoms with Crippen LogP contribution in [-0.2, 0) is 0 Å². The average Bonchev–Trinajstić information content (AvgIpc) is 3.41. The standard InChI is InChI=1S/C20H16ClFN4O2S/c21-16-13-4-3-12(22)9-15(13)29-17(16)19(27)25-5-7-26(8-6-25)20-14(10-23)24-18(28-20)11-1-2-11/h3-4,9,11H,1-2,5-8H2. The van der Waals surface area contributed by atoms with Gasteiger partial charge in [0.2, 0.25) is 17.5 Å². The summed E-state index contributed by atoms with van der Waals surface area (Å²) < 4.78 is 20.0. The average molecular weight is 431 g/mol. The van der Waals surface area contributed by atoms with Crippen molar-refractivity contribution in [1.29, 1.82) is 5.26 Å². The van der Waals surface area contributed by atoms with Crippen molar-refractivity contribution in [3.05, 3.63) is 45.5 Å². The number of hydrogen-bond acceptors (Lipinski definition) is 6. The second-order valence-corrected chi connectivity index (χ2v) is 8.69. The van der Waals surface area contributed by atoms with Gasteiger partial charge in [0.05, 0.1) is 5.02 Å². The van der Waals surface area contributed by atoms with E-state index in [4.69, 9.17) is 16.0 Å². The third-order valence-corrected chi connectivity index (χ3v) is 6.94. The molecule has 1 aromatic carbocycles. The van der Waals surface area contributed by atoms with E-state index in [9.17, 15) is 14.4 Å². The van der Waals surface area contributed by atoms with Crippen molar-refractivity contribution in [2.24, 2.45) is 0 Å². The van der Waals surface area contributed by atoms with E-state index in [1.54, 1.807) is 11.0 Å². The molecule has 0 N–H and O–H groups in total. The molecule has 1 aliphatic heterocycles. The summed E-state index contributed by atoms with van der Waals surface area (Å²) in [5.41, 5.74) is 0.307. The molecule has 2 aliphatic rings. The van der Waals surface area contributed by atoms with E-state index < -0.39 is 0 Å². The maximum atomic E-state index is 13.5. The van der Waals surface area contributed by atoms with Gasteiger partial charge in [-0.3, -0.25) is 4.79 Å². The number of benzene rings is 1. The quantitative estimate of drug-likeness (QED) is 0.616. The lowest BCUT2D eigenvalue weighted by atomic mass is 10.2. The summed E-state index contributed by atoms with van der Waals surface area (Å²) in [7, 11) is 0. The summed E-state index contributed by atoms with van der Waals surface area (Å²) in [6, 6.07) is 6.44. The van der Waals surface area contributed by atoms with E-state index in [0.717, 1.165) is 12.8 Å². The first-order valence-corrected chi connectivity index (χ1v) is 10.6. The minimum Gasteiger partial charge on any atom is -0.423 e. The highest BCUT2D eigenvalue weighted by Gasteiger charge is 2.33. The van der Waals surface area contributed by atoms with Crippen LogP contribution in [0.1, 0.15) is 40.0 Å². The Kier molecular flexibility index (Phi) is 4.45. The van der Waals surface area contributed by atoms with Crippen LogP contribution in [0.4, 0.5) is 10.3 Å². The van der Waals surface area contributed by atoms with E-state index >= 15 is 0 Å². The zero-order chi connectivity index (χ0) is 20.1. The SMILES string of the molecule is N#Cc1nc(C2CC2)oc1N1CCN(C(=O)c2sc3cc(F)ccc3c2Cl)CC1. The molecule has 0 radical (unpaired) electrons. The van der Waals surface area contributed by atoms with Crippen molar-refractivity contribution in [3.8, 4) is 6.07 Å². The molecular weight excluding hydrogens is 415 g/mol. The minimum absolute atomic E-state index is 0.159. The van der Waals surface area contributed by atoms with Gasteiger partial charge < -0.3 is 14.2 Å². The fraction of sp³-hybridized carbons (Fsp3) is 0.350. The lowest BCUT2D eigenvalue weighted by Crippen LogP contribution is -2.48. The van der Waals surface area contributed by atoms with E-state index in [0.29, 0.717) is 69.6 Å². The number of thiophene rings is 1. The van der Waals surface area contributed by atoms with Crippen molar-refractivity contribution in [3.63, 3.8) is 0 Å². The molecule has 5 rings (SSSR count). The van der Waals surface area contributed by atoms with Gasteiger partial charge in [-0.1, -0.05) is 11.6 Å². The van der Waals surface area contributed by atoms with Gasteiger partial charge in [-0.2, -0.15) is 5.26 Å². The van der Waals surface area contributed by atoms with Gasteiger partial charge in [0.1, 0.15) is 16.8 Å². The van der Waals surface area contributed by atoms with E-state index in [1.807, 2.05) is 4.90 Å². The minimum atomic E-state index is -0.353. The fourth-order valence-electron chi connectivity index (χ4n) is 3.55. The zero-order valence-corrected chi connectivity index (χ0v) is 16.9. The third-order valence-electron chi connectivity index (χ3n) is 5.30. The maximum Gasteiger partial charge on any atom is 0.265 e. The Morgan fingerprint density at radius 1 is 1.31 bits per heavy atom. The molecule has 1 amide bonds. The number of hydrogen-bond donors (Lipinski definition) is 0. The molecule has 2 fully saturated rings. The Morgan fingerprint density at radius 3 is 2.76 bits per heavy atom. The number of amides is 1. The first kappa shape index (κ1) is 18.4. The molecule has 6 nitrogen and oxygen atoms in total. The number of fused-ring (bicyclic) bond motifs is 1. The Bertz CT molecular complexity index is 1160. The normalized spacial score (nSPS) is 17.0. The van der Waals surface area contributed by atoms with Crippen LogP contribution in [0.25, 0.3) is 10.1 Å². The molecule has 29 heavy (non-hydrogen) atoms. The number of rotatable bonds is 3. The van der Waals surface area contributed by atoms with Crippen molar-refractivity contribution in [2.75, 3.05) is 31.1 Å². The Labute approximate surface area is 175 Å². The highest BCUT2D eigenvalue weighted by atomic mass is 35.5. The summed E-state index contributed by atoms with van der Waals surface area (Å²) in [4.78, 5) is 21.4. The maximum absolute atomic E-state index is 13.5. The van der Waals surface area contributed by atoms with Gasteiger partial charge in [-0.05, 0) is 31.0 Å². The van der Waals surface area contributed by atoms with Gasteiger partial charge in [-0.25, -0.2) is 9.37 Å². The topological polar surface area (TPSA) is 73.4 Å². The van der Waals surface area contributed by atoms with Gasteiger partial charge in [0, 0.05) is 42.2 Å². The fourth-order valence-corrected chi connectivity index (χ4v) is 5.06. The largest absolute Gasteiger partial charge is 0.423 e. The molecule has 148 valence electrons. The number of aromatic nitrogens is 1. The summed E-state index contributed by atoms with van der Waals surface area (Å²) in [6.07, 6.45) is 2.10. The van der Waals surface area contributed by atoms with Crippen LogP contribution in [-0.4, -0.2) is 42.0 Å². The van der Waals surface area contributed by atoms with Crippen molar-refractivity contribution in [2.45, 2.75) is 18.8 Å². The molecule has 1 saturated heterocycles. The lowest BCUT2D eigenvalue weighted by Gasteiger charge is -2.34. The molecular formula is C20H16ClFN4O2S. The Hall–Kier alpha value is -2.63. The third kappa shape index (κ3) is 3.24. The van der Waals surface area contributed by atoms with Gasteiger partial charge in [0.15, 0.2) is 0 Å². The molecule has 2 aromatic heterocycles. The smallest absolute Gasteiger partial charge is 0.265 e. The van der Waals surface area contributed by atoms with E-state index in [-0.39, 0.29) is 11.7 Å². The van der Waals surface area contributed by atoms with E-state index in [2.05, 4.69) is 11.1 Å². The van der Waals surface area contributed by atoms with E-state index in [1.165, 1.54) is 23.5 Å². The Balaban J connectivity index is 1.33. The van der Waals surface area contributed by atoms with Crippen LogP contribution in [0.15, 0.2) is 22.6 Å². The molecule has 0 atom stereocenters. The zero-order valence-electron chi connectivity index (χ0n) is 15.3. The highest BCUT2D eigenvalue weighted by Crippen LogP contribution is 2.42. The van der Waals surface area contributed by atoms with Crippen molar-refractivity contribution in [1.82, 2.24) is 9.88 Å². The summed E-state index contributed by atoms with van der Waals surface area (Å²) in [6.45, 7) is 2.03. The number of nitriles is 1. The molecule has 1 saturated carbocycles. The Morgan fingerprint density at radius 2 is 2.07 bits per heavy atom. The van der Waals surface area contributed by atoms with Crippen LogP contribution >= 0.6 is 22.9 Å².